The van der Waals surface area contributed by atoms with Crippen molar-refractivity contribution < 1.29 is 26.0 Å². The fourth-order valence-corrected chi connectivity index (χ4v) is 2.45. The summed E-state index contributed by atoms with van der Waals surface area (Å²) in [5, 5.41) is 2.73. The molecule has 8 heteroatoms. The first kappa shape index (κ1) is 16.9. The van der Waals surface area contributed by atoms with Gasteiger partial charge in [-0.15, -0.1) is 0 Å². The van der Waals surface area contributed by atoms with Crippen molar-refractivity contribution in [2.45, 2.75) is 18.6 Å². The zero-order valence-corrected chi connectivity index (χ0v) is 11.8. The molecule has 0 saturated carbocycles. The molecular formula is C12H15F4NO2S. The van der Waals surface area contributed by atoms with Crippen molar-refractivity contribution >= 4 is 9.84 Å². The predicted molar refractivity (Wildman–Crippen MR) is 67.5 cm³/mol. The molecule has 1 aromatic carbocycles. The van der Waals surface area contributed by atoms with Crippen LogP contribution in [-0.2, 0) is 16.0 Å². The molecule has 1 atom stereocenters. The molecular weight excluding hydrogens is 298 g/mol. The summed E-state index contributed by atoms with van der Waals surface area (Å²) in [4.78, 5) is 0. The maximum atomic E-state index is 13.2. The Labute approximate surface area is 114 Å². The molecule has 0 bridgehead atoms. The van der Waals surface area contributed by atoms with E-state index in [2.05, 4.69) is 5.32 Å². The number of hydrogen-bond donors (Lipinski definition) is 1. The molecule has 0 spiro atoms. The highest BCUT2D eigenvalue weighted by atomic mass is 32.2. The Bertz CT molecular complexity index is 569. The highest BCUT2D eigenvalue weighted by molar-refractivity contribution is 7.90. The van der Waals surface area contributed by atoms with Crippen LogP contribution in [0, 0.1) is 5.82 Å². The Morgan fingerprint density at radius 2 is 1.90 bits per heavy atom. The van der Waals surface area contributed by atoms with Gasteiger partial charge in [-0.1, -0.05) is 6.07 Å². The Hall–Kier alpha value is -1.15. The van der Waals surface area contributed by atoms with Gasteiger partial charge < -0.3 is 5.32 Å². The van der Waals surface area contributed by atoms with E-state index < -0.39 is 33.4 Å². The quantitative estimate of drug-likeness (QED) is 0.850. The summed E-state index contributed by atoms with van der Waals surface area (Å²) in [5.74, 6) is -1.52. The molecule has 114 valence electrons. The molecule has 1 N–H and O–H groups in total. The number of alkyl halides is 3. The van der Waals surface area contributed by atoms with Crippen LogP contribution in [0.5, 0.6) is 0 Å². The molecule has 0 fully saturated rings. The van der Waals surface area contributed by atoms with Crippen molar-refractivity contribution in [3.05, 3.63) is 35.1 Å². The van der Waals surface area contributed by atoms with Crippen molar-refractivity contribution in [2.75, 3.05) is 19.1 Å². The second kappa shape index (κ2) is 6.09. The summed E-state index contributed by atoms with van der Waals surface area (Å²) >= 11 is 0. The summed E-state index contributed by atoms with van der Waals surface area (Å²) in [7, 11) is -1.72. The van der Waals surface area contributed by atoms with Gasteiger partial charge in [-0.3, -0.25) is 0 Å². The molecule has 0 amide bonds. The van der Waals surface area contributed by atoms with Gasteiger partial charge in [-0.05, 0) is 31.2 Å². The van der Waals surface area contributed by atoms with Crippen LogP contribution in [0.4, 0.5) is 17.6 Å². The van der Waals surface area contributed by atoms with E-state index in [0.717, 1.165) is 12.3 Å². The maximum Gasteiger partial charge on any atom is 0.419 e. The molecule has 0 aliphatic carbocycles. The van der Waals surface area contributed by atoms with Crippen molar-refractivity contribution in [3.8, 4) is 0 Å². The second-order valence-electron chi connectivity index (χ2n) is 4.50. The van der Waals surface area contributed by atoms with Gasteiger partial charge in [-0.2, -0.15) is 13.2 Å². The van der Waals surface area contributed by atoms with E-state index in [1.54, 1.807) is 0 Å². The van der Waals surface area contributed by atoms with Gasteiger partial charge in [0.2, 0.25) is 0 Å². The molecule has 0 heterocycles. The Kier molecular flexibility index (Phi) is 5.15. The van der Waals surface area contributed by atoms with Crippen LogP contribution in [0.15, 0.2) is 18.2 Å². The Morgan fingerprint density at radius 1 is 1.30 bits per heavy atom. The molecule has 0 aliphatic rings. The number of halogens is 4. The van der Waals surface area contributed by atoms with Gasteiger partial charge in [0.15, 0.2) is 0 Å². The van der Waals surface area contributed by atoms with Crippen molar-refractivity contribution in [1.82, 2.24) is 5.32 Å². The average molecular weight is 313 g/mol. The van der Waals surface area contributed by atoms with Gasteiger partial charge in [0.05, 0.1) is 11.3 Å². The SMILES string of the molecule is CNC(CCS(C)(=O)=O)c1ccc(F)c(C(F)(F)F)c1. The molecule has 0 aliphatic heterocycles. The zero-order chi connectivity index (χ0) is 15.6. The van der Waals surface area contributed by atoms with E-state index in [4.69, 9.17) is 0 Å². The normalized spacial score (nSPS) is 14.3. The lowest BCUT2D eigenvalue weighted by atomic mass is 10.0. The van der Waals surface area contributed by atoms with Crippen LogP contribution in [0.1, 0.15) is 23.6 Å². The first-order chi connectivity index (χ1) is 9.04. The lowest BCUT2D eigenvalue weighted by Gasteiger charge is -2.18. The molecule has 1 rings (SSSR count). The fourth-order valence-electron chi connectivity index (χ4n) is 1.79. The highest BCUT2D eigenvalue weighted by Gasteiger charge is 2.34. The summed E-state index contributed by atoms with van der Waals surface area (Å²) in [6.45, 7) is 0. The largest absolute Gasteiger partial charge is 0.419 e. The molecule has 1 unspecified atom stereocenters. The van der Waals surface area contributed by atoms with E-state index in [1.807, 2.05) is 0 Å². The van der Waals surface area contributed by atoms with E-state index in [-0.39, 0.29) is 17.7 Å². The van der Waals surface area contributed by atoms with E-state index in [0.29, 0.717) is 6.07 Å². The van der Waals surface area contributed by atoms with Crippen LogP contribution < -0.4 is 5.32 Å². The van der Waals surface area contributed by atoms with Crippen LogP contribution in [-0.4, -0.2) is 27.5 Å². The van der Waals surface area contributed by atoms with Crippen LogP contribution in [0.25, 0.3) is 0 Å². The third kappa shape index (κ3) is 4.75. The molecule has 20 heavy (non-hydrogen) atoms. The number of benzene rings is 1. The summed E-state index contributed by atoms with van der Waals surface area (Å²) in [6, 6.07) is 2.07. The third-order valence-corrected chi connectivity index (χ3v) is 3.80. The number of nitrogens with one attached hydrogen (secondary N) is 1. The molecule has 3 nitrogen and oxygen atoms in total. The first-order valence-electron chi connectivity index (χ1n) is 5.76. The smallest absolute Gasteiger partial charge is 0.313 e. The van der Waals surface area contributed by atoms with Crippen molar-refractivity contribution in [2.24, 2.45) is 0 Å². The minimum Gasteiger partial charge on any atom is -0.313 e. The van der Waals surface area contributed by atoms with Gasteiger partial charge in [-0.25, -0.2) is 12.8 Å². The molecule has 0 aromatic heterocycles. The van der Waals surface area contributed by atoms with E-state index in [9.17, 15) is 26.0 Å². The number of rotatable bonds is 5. The monoisotopic (exact) mass is 313 g/mol. The minimum absolute atomic E-state index is 0.109. The zero-order valence-electron chi connectivity index (χ0n) is 11.0. The van der Waals surface area contributed by atoms with Gasteiger partial charge >= 0.3 is 6.18 Å². The highest BCUT2D eigenvalue weighted by Crippen LogP contribution is 2.33. The lowest BCUT2D eigenvalue weighted by molar-refractivity contribution is -0.140. The standard InChI is InChI=1S/C12H15F4NO2S/c1-17-11(5-6-20(2,18)19)8-3-4-10(13)9(7-8)12(14,15)16/h3-4,7,11,17H,5-6H2,1-2H3. The Morgan fingerprint density at radius 3 is 2.35 bits per heavy atom. The van der Waals surface area contributed by atoms with Crippen molar-refractivity contribution in [3.63, 3.8) is 0 Å². The fraction of sp³-hybridized carbons (Fsp3) is 0.500. The average Bonchev–Trinajstić information content (AvgIpc) is 2.28. The van der Waals surface area contributed by atoms with Gasteiger partial charge in [0, 0.05) is 12.3 Å². The van der Waals surface area contributed by atoms with Crippen LogP contribution in [0.3, 0.4) is 0 Å². The van der Waals surface area contributed by atoms with E-state index in [1.165, 1.54) is 13.1 Å². The molecule has 0 radical (unpaired) electrons. The topological polar surface area (TPSA) is 46.2 Å². The molecule has 0 saturated heterocycles. The second-order valence-corrected chi connectivity index (χ2v) is 6.76. The summed E-state index contributed by atoms with van der Waals surface area (Å²) < 4.78 is 73.2. The van der Waals surface area contributed by atoms with Crippen LogP contribution >= 0.6 is 0 Å². The molecule has 1 aromatic rings. The van der Waals surface area contributed by atoms with Gasteiger partial charge in [0.1, 0.15) is 15.7 Å². The Balaban J connectivity index is 3.05. The number of hydrogen-bond acceptors (Lipinski definition) is 3. The lowest BCUT2D eigenvalue weighted by Crippen LogP contribution is -2.21. The first-order valence-corrected chi connectivity index (χ1v) is 7.82. The minimum atomic E-state index is -4.78. The van der Waals surface area contributed by atoms with Crippen LogP contribution in [0.2, 0.25) is 0 Å². The maximum absolute atomic E-state index is 13.2. The predicted octanol–water partition coefficient (Wildman–Crippen LogP) is 2.54. The third-order valence-electron chi connectivity index (χ3n) is 2.82. The van der Waals surface area contributed by atoms with Crippen molar-refractivity contribution in [1.29, 1.82) is 0 Å². The van der Waals surface area contributed by atoms with Gasteiger partial charge in [0.25, 0.3) is 0 Å². The van der Waals surface area contributed by atoms with E-state index >= 15 is 0 Å². The summed E-state index contributed by atoms with van der Waals surface area (Å²) in [6.07, 6.45) is -3.63. The summed E-state index contributed by atoms with van der Waals surface area (Å²) in [5.41, 5.74) is -1.15. The number of sulfone groups is 1.